The normalized spacial score (nSPS) is 14.5. The van der Waals surface area contributed by atoms with Gasteiger partial charge in [0.1, 0.15) is 11.4 Å². The number of benzene rings is 1. The van der Waals surface area contributed by atoms with Gasteiger partial charge in [-0.2, -0.15) is 5.10 Å². The molecule has 0 spiro atoms. The van der Waals surface area contributed by atoms with Crippen LogP contribution in [0.25, 0.3) is 11.0 Å². The first kappa shape index (κ1) is 14.3. The number of hydrogen-bond acceptors (Lipinski definition) is 3. The van der Waals surface area contributed by atoms with Gasteiger partial charge in [-0.05, 0) is 42.5 Å². The minimum Gasteiger partial charge on any atom is -0.497 e. The highest BCUT2D eigenvalue weighted by atomic mass is 16.5. The average Bonchev–Trinajstić information content (AvgIpc) is 3.22. The maximum Gasteiger partial charge on any atom is 0.138 e. The van der Waals surface area contributed by atoms with Gasteiger partial charge in [0.15, 0.2) is 0 Å². The van der Waals surface area contributed by atoms with E-state index in [9.17, 15) is 5.11 Å². The number of aliphatic hydroxyl groups is 1. The highest BCUT2D eigenvalue weighted by Crippen LogP contribution is 2.33. The van der Waals surface area contributed by atoms with Gasteiger partial charge in [0.25, 0.3) is 0 Å². The first-order valence-electron chi connectivity index (χ1n) is 8.06. The molecule has 0 bridgehead atoms. The molecule has 1 N–H and O–H groups in total. The fraction of sp³-hybridized carbons (Fsp3) is 0.389. The highest BCUT2D eigenvalue weighted by Gasteiger charge is 2.24. The van der Waals surface area contributed by atoms with Crippen LogP contribution in [0.5, 0.6) is 5.75 Å². The van der Waals surface area contributed by atoms with E-state index in [-0.39, 0.29) is 6.61 Å². The number of nitrogens with zero attached hydrogens (tertiary/aromatic N) is 3. The van der Waals surface area contributed by atoms with Crippen molar-refractivity contribution in [1.29, 1.82) is 0 Å². The average molecular weight is 311 g/mol. The third-order valence-corrected chi connectivity index (χ3v) is 4.55. The molecule has 1 aromatic carbocycles. The lowest BCUT2D eigenvalue weighted by Crippen LogP contribution is -2.10. The number of rotatable bonds is 6. The maximum absolute atomic E-state index is 9.65. The number of aliphatic hydroxyl groups excluding tert-OH is 1. The molecule has 0 unspecified atom stereocenters. The molecular weight excluding hydrogens is 290 g/mol. The van der Waals surface area contributed by atoms with Crippen LogP contribution < -0.4 is 4.74 Å². The second-order valence-electron chi connectivity index (χ2n) is 6.28. The van der Waals surface area contributed by atoms with Crippen molar-refractivity contribution in [3.8, 4) is 5.75 Å². The lowest BCUT2D eigenvalue weighted by molar-refractivity contribution is 0.270. The fourth-order valence-electron chi connectivity index (χ4n) is 3.10. The van der Waals surface area contributed by atoms with Crippen molar-refractivity contribution in [2.45, 2.75) is 32.5 Å². The number of aromatic nitrogens is 3. The Morgan fingerprint density at radius 3 is 2.70 bits per heavy atom. The molecule has 1 fully saturated rings. The van der Waals surface area contributed by atoms with Crippen molar-refractivity contribution < 1.29 is 9.84 Å². The van der Waals surface area contributed by atoms with Crippen molar-refractivity contribution in [1.82, 2.24) is 14.3 Å². The zero-order chi connectivity index (χ0) is 15.8. The van der Waals surface area contributed by atoms with Crippen LogP contribution in [-0.4, -0.2) is 26.6 Å². The van der Waals surface area contributed by atoms with Crippen LogP contribution in [0.4, 0.5) is 0 Å². The van der Waals surface area contributed by atoms with Gasteiger partial charge in [-0.1, -0.05) is 12.1 Å². The van der Waals surface area contributed by atoms with Crippen LogP contribution in [0.3, 0.4) is 0 Å². The second kappa shape index (κ2) is 5.74. The largest absolute Gasteiger partial charge is 0.497 e. The third-order valence-electron chi connectivity index (χ3n) is 4.55. The molecule has 0 saturated heterocycles. The van der Waals surface area contributed by atoms with Crippen LogP contribution in [0, 0.1) is 5.92 Å². The standard InChI is InChI=1S/C18H21N3O2/c1-23-17-6-4-14(5-7-17)11-21-18-15(9-19-21)8-16(12-22)20(18)10-13-2-3-13/h4-9,13,22H,2-3,10-12H2,1H3. The quantitative estimate of drug-likeness (QED) is 0.761. The number of hydrogen-bond donors (Lipinski definition) is 1. The van der Waals surface area contributed by atoms with Crippen LogP contribution in [0.15, 0.2) is 36.5 Å². The summed E-state index contributed by atoms with van der Waals surface area (Å²) in [6.45, 7) is 1.77. The Bertz CT molecular complexity index is 813. The molecular formula is C18H21N3O2. The molecule has 0 atom stereocenters. The van der Waals surface area contributed by atoms with Crippen molar-refractivity contribution >= 4 is 11.0 Å². The molecule has 1 saturated carbocycles. The van der Waals surface area contributed by atoms with Gasteiger partial charge < -0.3 is 14.4 Å². The molecule has 3 aromatic rings. The van der Waals surface area contributed by atoms with Gasteiger partial charge in [0, 0.05) is 17.6 Å². The van der Waals surface area contributed by atoms with Gasteiger partial charge in [0.05, 0.1) is 26.5 Å². The lowest BCUT2D eigenvalue weighted by atomic mass is 10.2. The van der Waals surface area contributed by atoms with Gasteiger partial charge in [-0.15, -0.1) is 0 Å². The zero-order valence-corrected chi connectivity index (χ0v) is 13.3. The van der Waals surface area contributed by atoms with Gasteiger partial charge in [-0.25, -0.2) is 4.68 Å². The summed E-state index contributed by atoms with van der Waals surface area (Å²) in [6.07, 6.45) is 4.47. The Balaban J connectivity index is 1.69. The minimum absolute atomic E-state index is 0.0733. The van der Waals surface area contributed by atoms with E-state index in [0.717, 1.165) is 34.9 Å². The van der Waals surface area contributed by atoms with E-state index in [1.807, 2.05) is 23.0 Å². The SMILES string of the molecule is COc1ccc(Cn2ncc3cc(CO)n(CC4CC4)c32)cc1. The smallest absolute Gasteiger partial charge is 0.138 e. The van der Waals surface area contributed by atoms with Crippen LogP contribution in [0.1, 0.15) is 24.1 Å². The van der Waals surface area contributed by atoms with E-state index in [0.29, 0.717) is 6.54 Å². The molecule has 2 heterocycles. The molecule has 120 valence electrons. The molecule has 1 aliphatic rings. The number of fused-ring (bicyclic) bond motifs is 1. The van der Waals surface area contributed by atoms with E-state index < -0.39 is 0 Å². The second-order valence-corrected chi connectivity index (χ2v) is 6.28. The molecule has 0 radical (unpaired) electrons. The van der Waals surface area contributed by atoms with E-state index in [4.69, 9.17) is 4.74 Å². The Hall–Kier alpha value is -2.27. The molecule has 5 nitrogen and oxygen atoms in total. The monoisotopic (exact) mass is 311 g/mol. The minimum atomic E-state index is 0.0733. The van der Waals surface area contributed by atoms with Gasteiger partial charge >= 0.3 is 0 Å². The molecule has 23 heavy (non-hydrogen) atoms. The topological polar surface area (TPSA) is 52.2 Å². The fourth-order valence-corrected chi connectivity index (χ4v) is 3.10. The summed E-state index contributed by atoms with van der Waals surface area (Å²) in [5.74, 6) is 1.61. The summed E-state index contributed by atoms with van der Waals surface area (Å²) in [7, 11) is 1.67. The molecule has 4 rings (SSSR count). The molecule has 1 aliphatic carbocycles. The molecule has 5 heteroatoms. The summed E-state index contributed by atoms with van der Waals surface area (Å²) in [5.41, 5.74) is 3.27. The van der Waals surface area contributed by atoms with Gasteiger partial charge in [0.2, 0.25) is 0 Å². The van der Waals surface area contributed by atoms with E-state index in [2.05, 4.69) is 27.9 Å². The van der Waals surface area contributed by atoms with Gasteiger partial charge in [-0.3, -0.25) is 0 Å². The summed E-state index contributed by atoms with van der Waals surface area (Å²) in [4.78, 5) is 0. The maximum atomic E-state index is 9.65. The van der Waals surface area contributed by atoms with Crippen molar-refractivity contribution in [3.63, 3.8) is 0 Å². The molecule has 0 amide bonds. The Morgan fingerprint density at radius 1 is 1.26 bits per heavy atom. The summed E-state index contributed by atoms with van der Waals surface area (Å²) in [6, 6.07) is 10.1. The Morgan fingerprint density at radius 2 is 2.04 bits per heavy atom. The van der Waals surface area contributed by atoms with Crippen LogP contribution >= 0.6 is 0 Å². The highest BCUT2D eigenvalue weighted by molar-refractivity contribution is 5.77. The van der Waals surface area contributed by atoms with Crippen molar-refractivity contribution in [2.24, 2.45) is 5.92 Å². The van der Waals surface area contributed by atoms with Crippen molar-refractivity contribution in [2.75, 3.05) is 7.11 Å². The zero-order valence-electron chi connectivity index (χ0n) is 13.3. The number of ether oxygens (including phenoxy) is 1. The predicted molar refractivity (Wildman–Crippen MR) is 88.5 cm³/mol. The first-order valence-corrected chi connectivity index (χ1v) is 8.06. The lowest BCUT2D eigenvalue weighted by Gasteiger charge is -2.11. The van der Waals surface area contributed by atoms with E-state index >= 15 is 0 Å². The predicted octanol–water partition coefficient (Wildman–Crippen LogP) is 2.80. The van der Waals surface area contributed by atoms with E-state index in [1.165, 1.54) is 18.4 Å². The summed E-state index contributed by atoms with van der Waals surface area (Å²) < 4.78 is 9.47. The van der Waals surface area contributed by atoms with Crippen LogP contribution in [-0.2, 0) is 19.7 Å². The summed E-state index contributed by atoms with van der Waals surface area (Å²) >= 11 is 0. The molecule has 2 aromatic heterocycles. The molecule has 0 aliphatic heterocycles. The van der Waals surface area contributed by atoms with Crippen LogP contribution in [0.2, 0.25) is 0 Å². The van der Waals surface area contributed by atoms with Crippen molar-refractivity contribution in [3.05, 3.63) is 47.8 Å². The van der Waals surface area contributed by atoms with E-state index in [1.54, 1.807) is 7.11 Å². The third kappa shape index (κ3) is 2.72. The summed E-state index contributed by atoms with van der Waals surface area (Å²) in [5, 5.41) is 15.3. The number of methoxy groups -OCH3 is 1. The Labute approximate surface area is 135 Å². The first-order chi connectivity index (χ1) is 11.3. The Kier molecular flexibility index (Phi) is 3.58.